The number of methoxy groups -OCH3 is 1. The Hall–Kier alpha value is -3.53. The molecular formula is C23H21BrN4O5. The van der Waals surface area contributed by atoms with Gasteiger partial charge < -0.3 is 15.0 Å². The Morgan fingerprint density at radius 1 is 1.24 bits per heavy atom. The lowest BCUT2D eigenvalue weighted by molar-refractivity contribution is -0.384. The van der Waals surface area contributed by atoms with E-state index in [1.165, 1.54) is 19.2 Å². The molecule has 1 saturated heterocycles. The van der Waals surface area contributed by atoms with Crippen LogP contribution < -0.4 is 5.32 Å². The van der Waals surface area contributed by atoms with Crippen molar-refractivity contribution in [1.29, 1.82) is 0 Å². The number of anilines is 1. The van der Waals surface area contributed by atoms with Crippen LogP contribution in [-0.4, -0.2) is 52.9 Å². The van der Waals surface area contributed by atoms with E-state index in [-0.39, 0.29) is 28.9 Å². The van der Waals surface area contributed by atoms with Crippen LogP contribution in [-0.2, 0) is 4.74 Å². The summed E-state index contributed by atoms with van der Waals surface area (Å²) in [5, 5.41) is 16.5. The van der Waals surface area contributed by atoms with Gasteiger partial charge in [0.25, 0.3) is 11.6 Å². The van der Waals surface area contributed by atoms with E-state index in [1.54, 1.807) is 17.3 Å². The van der Waals surface area contributed by atoms with Crippen LogP contribution in [0, 0.1) is 10.1 Å². The number of amides is 1. The Labute approximate surface area is 198 Å². The highest BCUT2D eigenvalue weighted by molar-refractivity contribution is 9.10. The summed E-state index contributed by atoms with van der Waals surface area (Å²) < 4.78 is 5.21. The number of nitrogens with one attached hydrogen (secondary N) is 1. The molecule has 1 aliphatic rings. The molecular weight excluding hydrogens is 492 g/mol. The Kier molecular flexibility index (Phi) is 6.55. The molecule has 3 aromatic rings. The van der Waals surface area contributed by atoms with Gasteiger partial charge in [0.05, 0.1) is 23.2 Å². The number of ether oxygens (including phenoxy) is 1. The molecule has 10 heteroatoms. The molecule has 1 N–H and O–H groups in total. The highest BCUT2D eigenvalue weighted by atomic mass is 79.9. The normalized spacial score (nSPS) is 15.8. The number of nitro benzene ring substituents is 1. The fourth-order valence-electron chi connectivity index (χ4n) is 4.10. The molecule has 33 heavy (non-hydrogen) atoms. The molecule has 0 radical (unpaired) electrons. The number of fused-ring (bicyclic) bond motifs is 1. The van der Waals surface area contributed by atoms with E-state index in [0.29, 0.717) is 36.0 Å². The maximum Gasteiger partial charge on any atom is 0.340 e. The van der Waals surface area contributed by atoms with Gasteiger partial charge in [0, 0.05) is 47.5 Å². The van der Waals surface area contributed by atoms with Crippen LogP contribution in [0.5, 0.6) is 0 Å². The number of nitrogens with zero attached hydrogens (tertiary/aromatic N) is 3. The number of nitro groups is 1. The fraction of sp³-hybridized carbons (Fsp3) is 0.261. The number of hydrogen-bond acceptors (Lipinski definition) is 7. The topological polar surface area (TPSA) is 115 Å². The van der Waals surface area contributed by atoms with Crippen LogP contribution in [0.1, 0.15) is 33.6 Å². The molecule has 0 bridgehead atoms. The third-order valence-electron chi connectivity index (χ3n) is 5.64. The highest BCUT2D eigenvalue weighted by Gasteiger charge is 2.30. The van der Waals surface area contributed by atoms with Crippen LogP contribution in [0.3, 0.4) is 0 Å². The van der Waals surface area contributed by atoms with E-state index in [0.717, 1.165) is 10.8 Å². The molecule has 0 aliphatic carbocycles. The van der Waals surface area contributed by atoms with Gasteiger partial charge in [-0.3, -0.25) is 19.9 Å². The third kappa shape index (κ3) is 4.65. The molecule has 1 aliphatic heterocycles. The predicted molar refractivity (Wildman–Crippen MR) is 126 cm³/mol. The van der Waals surface area contributed by atoms with E-state index in [9.17, 15) is 19.7 Å². The van der Waals surface area contributed by atoms with Crippen molar-refractivity contribution in [2.24, 2.45) is 0 Å². The van der Waals surface area contributed by atoms with Crippen LogP contribution in [0.4, 0.5) is 11.4 Å². The van der Waals surface area contributed by atoms with E-state index >= 15 is 0 Å². The maximum atomic E-state index is 13.3. The van der Waals surface area contributed by atoms with E-state index in [1.807, 2.05) is 24.3 Å². The molecule has 0 spiro atoms. The van der Waals surface area contributed by atoms with Crippen molar-refractivity contribution in [3.8, 4) is 0 Å². The summed E-state index contributed by atoms with van der Waals surface area (Å²) in [4.78, 5) is 42.7. The SMILES string of the molecule is COC(=O)c1cc(Br)cc([N+](=O)[O-])c1N[C@@H]1CCCN(C(=O)c2cncc3ccccc23)C1. The summed E-state index contributed by atoms with van der Waals surface area (Å²) in [5.41, 5.74) is 0.409. The first-order chi connectivity index (χ1) is 15.9. The Balaban J connectivity index is 1.62. The lowest BCUT2D eigenvalue weighted by Gasteiger charge is -2.34. The Bertz CT molecular complexity index is 1240. The summed E-state index contributed by atoms with van der Waals surface area (Å²) in [6.07, 6.45) is 4.68. The minimum atomic E-state index is -0.688. The van der Waals surface area contributed by atoms with E-state index < -0.39 is 10.9 Å². The van der Waals surface area contributed by atoms with Gasteiger partial charge >= 0.3 is 5.97 Å². The zero-order valence-corrected chi connectivity index (χ0v) is 19.4. The van der Waals surface area contributed by atoms with Crippen molar-refractivity contribution in [1.82, 2.24) is 9.88 Å². The van der Waals surface area contributed by atoms with E-state index in [2.05, 4.69) is 26.2 Å². The van der Waals surface area contributed by atoms with E-state index in [4.69, 9.17) is 4.74 Å². The van der Waals surface area contributed by atoms with Gasteiger partial charge in [0.2, 0.25) is 0 Å². The second kappa shape index (κ2) is 9.53. The van der Waals surface area contributed by atoms with Crippen LogP contribution in [0.2, 0.25) is 0 Å². The number of rotatable bonds is 5. The zero-order valence-electron chi connectivity index (χ0n) is 17.8. The second-order valence-corrected chi connectivity index (χ2v) is 8.65. The lowest BCUT2D eigenvalue weighted by Crippen LogP contribution is -2.45. The van der Waals surface area contributed by atoms with Gasteiger partial charge in [0.1, 0.15) is 5.69 Å². The zero-order chi connectivity index (χ0) is 23.5. The molecule has 0 saturated carbocycles. The lowest BCUT2D eigenvalue weighted by atomic mass is 10.0. The smallest absolute Gasteiger partial charge is 0.340 e. The number of carbonyl (C=O) groups is 2. The molecule has 1 amide bonds. The Morgan fingerprint density at radius 2 is 2.03 bits per heavy atom. The molecule has 9 nitrogen and oxygen atoms in total. The molecule has 0 unspecified atom stereocenters. The summed E-state index contributed by atoms with van der Waals surface area (Å²) in [6.45, 7) is 0.891. The van der Waals surface area contributed by atoms with Crippen molar-refractivity contribution < 1.29 is 19.2 Å². The second-order valence-electron chi connectivity index (χ2n) is 7.74. The number of aromatic nitrogens is 1. The van der Waals surface area contributed by atoms with Gasteiger partial charge in [0.15, 0.2) is 0 Å². The highest BCUT2D eigenvalue weighted by Crippen LogP contribution is 2.34. The fourth-order valence-corrected chi connectivity index (χ4v) is 4.55. The first-order valence-electron chi connectivity index (χ1n) is 10.3. The summed E-state index contributed by atoms with van der Waals surface area (Å²) in [7, 11) is 1.22. The predicted octanol–water partition coefficient (Wildman–Crippen LogP) is 4.41. The minimum Gasteiger partial charge on any atom is -0.465 e. The van der Waals surface area contributed by atoms with Crippen molar-refractivity contribution in [2.75, 3.05) is 25.5 Å². The molecule has 1 atom stereocenters. The number of pyridine rings is 1. The summed E-state index contributed by atoms with van der Waals surface area (Å²) in [5.74, 6) is -0.836. The first-order valence-corrected chi connectivity index (χ1v) is 11.1. The van der Waals surface area contributed by atoms with Crippen LogP contribution in [0.25, 0.3) is 10.8 Å². The first kappa shape index (κ1) is 22.7. The number of esters is 1. The summed E-state index contributed by atoms with van der Waals surface area (Å²) in [6, 6.07) is 10.1. The molecule has 170 valence electrons. The number of carbonyl (C=O) groups excluding carboxylic acids is 2. The monoisotopic (exact) mass is 512 g/mol. The van der Waals surface area contributed by atoms with Crippen LogP contribution in [0.15, 0.2) is 53.3 Å². The largest absolute Gasteiger partial charge is 0.465 e. The summed E-state index contributed by atoms with van der Waals surface area (Å²) >= 11 is 3.21. The maximum absolute atomic E-state index is 13.3. The number of hydrogen-bond donors (Lipinski definition) is 1. The van der Waals surface area contributed by atoms with Crippen molar-refractivity contribution >= 4 is 50.0 Å². The molecule has 2 aromatic carbocycles. The Morgan fingerprint density at radius 3 is 2.79 bits per heavy atom. The number of piperidine rings is 1. The van der Waals surface area contributed by atoms with Crippen LogP contribution >= 0.6 is 15.9 Å². The minimum absolute atomic E-state index is 0.0558. The quantitative estimate of drug-likeness (QED) is 0.305. The molecule has 2 heterocycles. The van der Waals surface area contributed by atoms with Gasteiger partial charge in [-0.15, -0.1) is 0 Å². The molecule has 1 fully saturated rings. The molecule has 1 aromatic heterocycles. The van der Waals surface area contributed by atoms with Crippen molar-refractivity contribution in [3.05, 3.63) is 74.5 Å². The number of likely N-dealkylation sites (tertiary alicyclic amines) is 1. The third-order valence-corrected chi connectivity index (χ3v) is 6.10. The van der Waals surface area contributed by atoms with Gasteiger partial charge in [-0.05, 0) is 24.3 Å². The van der Waals surface area contributed by atoms with Gasteiger partial charge in [-0.2, -0.15) is 0 Å². The standard InChI is InChI=1S/C23H21BrN4O5/c1-33-23(30)18-9-15(24)10-20(28(31)32)21(18)26-16-6-4-8-27(13-16)22(29)19-12-25-11-14-5-2-3-7-17(14)19/h2-3,5,7,9-12,16,26H,4,6,8,13H2,1H3/t16-/m1/s1. The van der Waals surface area contributed by atoms with Crippen molar-refractivity contribution in [2.45, 2.75) is 18.9 Å². The average Bonchev–Trinajstić information content (AvgIpc) is 2.83. The average molecular weight is 513 g/mol. The van der Waals surface area contributed by atoms with Crippen molar-refractivity contribution in [3.63, 3.8) is 0 Å². The van der Waals surface area contributed by atoms with Gasteiger partial charge in [-0.25, -0.2) is 4.79 Å². The van der Waals surface area contributed by atoms with Gasteiger partial charge in [-0.1, -0.05) is 40.2 Å². The number of benzene rings is 2. The number of halogens is 1. The molecule has 4 rings (SSSR count).